The summed E-state index contributed by atoms with van der Waals surface area (Å²) in [6.45, 7) is 1.75. The third-order valence-electron chi connectivity index (χ3n) is 1.88. The number of sulfonamides is 1. The van der Waals surface area contributed by atoms with Gasteiger partial charge in [0.25, 0.3) is 0 Å². The number of primary sulfonamides is 1. The zero-order chi connectivity index (χ0) is 11.2. The number of aryl methyl sites for hydroxylation is 1. The quantitative estimate of drug-likeness (QED) is 0.853. The molecule has 0 radical (unpaired) electrons. The van der Waals surface area contributed by atoms with Gasteiger partial charge in [-0.3, -0.25) is 4.98 Å². The highest BCUT2D eigenvalue weighted by Gasteiger charge is 2.17. The van der Waals surface area contributed by atoms with Gasteiger partial charge in [-0.1, -0.05) is 11.6 Å². The molecule has 0 aliphatic carbocycles. The lowest BCUT2D eigenvalue weighted by atomic mass is 10.3. The van der Waals surface area contributed by atoms with Gasteiger partial charge in [-0.05, 0) is 13.0 Å². The average molecular weight is 263 g/mol. The minimum atomic E-state index is -3.73. The number of nitrogens with two attached hydrogens (primary N) is 1. The van der Waals surface area contributed by atoms with Crippen molar-refractivity contribution in [3.63, 3.8) is 0 Å². The Morgan fingerprint density at radius 1 is 1.53 bits per heavy atom. The highest BCUT2D eigenvalue weighted by Crippen LogP contribution is 2.32. The van der Waals surface area contributed by atoms with Gasteiger partial charge in [-0.25, -0.2) is 13.6 Å². The van der Waals surface area contributed by atoms with Crippen molar-refractivity contribution in [3.05, 3.63) is 22.2 Å². The third kappa shape index (κ3) is 1.85. The molecule has 15 heavy (non-hydrogen) atoms. The van der Waals surface area contributed by atoms with Crippen LogP contribution in [-0.4, -0.2) is 13.4 Å². The zero-order valence-electron chi connectivity index (χ0n) is 7.69. The first kappa shape index (κ1) is 10.8. The van der Waals surface area contributed by atoms with E-state index in [0.717, 1.165) is 0 Å². The molecule has 0 atom stereocenters. The molecule has 80 valence electrons. The van der Waals surface area contributed by atoms with Gasteiger partial charge in [0.05, 0.1) is 9.72 Å². The molecule has 0 aromatic carbocycles. The van der Waals surface area contributed by atoms with E-state index in [1.165, 1.54) is 16.7 Å². The number of fused-ring (bicyclic) bond motifs is 1. The van der Waals surface area contributed by atoms with E-state index in [0.29, 0.717) is 20.9 Å². The van der Waals surface area contributed by atoms with Crippen molar-refractivity contribution in [1.29, 1.82) is 0 Å². The third-order valence-corrected chi connectivity index (χ3v) is 4.37. The van der Waals surface area contributed by atoms with Crippen LogP contribution in [0.2, 0.25) is 5.02 Å². The van der Waals surface area contributed by atoms with Gasteiger partial charge in [-0.15, -0.1) is 11.3 Å². The van der Waals surface area contributed by atoms with Crippen molar-refractivity contribution >= 4 is 43.2 Å². The minimum Gasteiger partial charge on any atom is -0.251 e. The maximum Gasteiger partial charge on any atom is 0.241 e. The highest BCUT2D eigenvalue weighted by molar-refractivity contribution is 7.89. The number of rotatable bonds is 1. The molecular weight excluding hydrogens is 256 g/mol. The molecule has 0 fully saturated rings. The number of pyridine rings is 1. The van der Waals surface area contributed by atoms with Crippen LogP contribution in [0.4, 0.5) is 0 Å². The van der Waals surface area contributed by atoms with E-state index < -0.39 is 10.0 Å². The van der Waals surface area contributed by atoms with Crippen LogP contribution in [0.1, 0.15) is 5.69 Å². The number of halogens is 1. The summed E-state index contributed by atoms with van der Waals surface area (Å²) in [4.78, 5) is 4.16. The standard InChI is InChI=1S/C8H7ClN2O2S2/c1-4-2-5(9)8-7(11-4)6(3-14-8)15(10,12)13/h2-3H,1H3,(H2,10,12,13). The number of aromatic nitrogens is 1. The van der Waals surface area contributed by atoms with E-state index in [2.05, 4.69) is 4.98 Å². The number of thiophene rings is 1. The van der Waals surface area contributed by atoms with Crippen LogP contribution < -0.4 is 5.14 Å². The van der Waals surface area contributed by atoms with Crippen molar-refractivity contribution in [2.75, 3.05) is 0 Å². The van der Waals surface area contributed by atoms with Crippen LogP contribution in [0.15, 0.2) is 16.3 Å². The van der Waals surface area contributed by atoms with E-state index in [9.17, 15) is 8.42 Å². The van der Waals surface area contributed by atoms with Crippen molar-refractivity contribution in [2.45, 2.75) is 11.8 Å². The number of hydrogen-bond donors (Lipinski definition) is 1. The number of nitrogens with zero attached hydrogens (tertiary/aromatic N) is 1. The van der Waals surface area contributed by atoms with E-state index >= 15 is 0 Å². The SMILES string of the molecule is Cc1cc(Cl)c2scc(S(N)(=O)=O)c2n1. The van der Waals surface area contributed by atoms with Crippen LogP contribution in [0.5, 0.6) is 0 Å². The predicted octanol–water partition coefficient (Wildman–Crippen LogP) is 1.91. The Bertz CT molecular complexity index is 633. The molecule has 2 aromatic heterocycles. The molecule has 0 amide bonds. The van der Waals surface area contributed by atoms with Gasteiger partial charge in [0.2, 0.25) is 10.0 Å². The Balaban J connectivity index is 2.92. The summed E-state index contributed by atoms with van der Waals surface area (Å²) < 4.78 is 23.1. The maximum atomic E-state index is 11.2. The van der Waals surface area contributed by atoms with E-state index in [1.54, 1.807) is 13.0 Å². The molecule has 4 nitrogen and oxygen atoms in total. The maximum absolute atomic E-state index is 11.2. The molecule has 0 aliphatic rings. The lowest BCUT2D eigenvalue weighted by molar-refractivity contribution is 0.599. The van der Waals surface area contributed by atoms with E-state index in [4.69, 9.17) is 16.7 Å². The molecule has 0 aliphatic heterocycles. The second-order valence-electron chi connectivity index (χ2n) is 3.07. The van der Waals surface area contributed by atoms with Crippen LogP contribution in [-0.2, 0) is 10.0 Å². The Kier molecular flexibility index (Phi) is 2.46. The summed E-state index contributed by atoms with van der Waals surface area (Å²) in [6.07, 6.45) is 0. The van der Waals surface area contributed by atoms with Crippen molar-refractivity contribution in [1.82, 2.24) is 4.98 Å². The predicted molar refractivity (Wildman–Crippen MR) is 60.7 cm³/mol. The molecule has 2 aromatic rings. The zero-order valence-corrected chi connectivity index (χ0v) is 10.1. The fraction of sp³-hybridized carbons (Fsp3) is 0.125. The molecule has 2 heterocycles. The molecule has 0 saturated carbocycles. The van der Waals surface area contributed by atoms with Crippen molar-refractivity contribution in [3.8, 4) is 0 Å². The summed E-state index contributed by atoms with van der Waals surface area (Å²) in [5, 5.41) is 7.02. The highest BCUT2D eigenvalue weighted by atomic mass is 35.5. The minimum absolute atomic E-state index is 0.0353. The van der Waals surface area contributed by atoms with Crippen LogP contribution >= 0.6 is 22.9 Å². The fourth-order valence-electron chi connectivity index (χ4n) is 1.27. The second kappa shape index (κ2) is 3.41. The summed E-state index contributed by atoms with van der Waals surface area (Å²) in [5.41, 5.74) is 1.02. The molecule has 2 rings (SSSR count). The average Bonchev–Trinajstić information content (AvgIpc) is 2.45. The molecule has 0 saturated heterocycles. The summed E-state index contributed by atoms with van der Waals surface area (Å²) in [5.74, 6) is 0. The second-order valence-corrected chi connectivity index (χ2v) is 5.88. The molecule has 7 heteroatoms. The van der Waals surface area contributed by atoms with Gasteiger partial charge in [0.1, 0.15) is 10.4 Å². The number of hydrogen-bond acceptors (Lipinski definition) is 4. The topological polar surface area (TPSA) is 73.1 Å². The first-order chi connectivity index (χ1) is 6.89. The van der Waals surface area contributed by atoms with Gasteiger partial charge in [0, 0.05) is 11.1 Å². The monoisotopic (exact) mass is 262 g/mol. The molecule has 0 unspecified atom stereocenters. The van der Waals surface area contributed by atoms with Crippen LogP contribution in [0.25, 0.3) is 10.2 Å². The Morgan fingerprint density at radius 2 is 2.20 bits per heavy atom. The van der Waals surface area contributed by atoms with E-state index in [1.807, 2.05) is 0 Å². The fourth-order valence-corrected chi connectivity index (χ4v) is 3.59. The van der Waals surface area contributed by atoms with Crippen LogP contribution in [0.3, 0.4) is 0 Å². The molecule has 0 spiro atoms. The van der Waals surface area contributed by atoms with Crippen molar-refractivity contribution < 1.29 is 8.42 Å². The Labute approximate surface area is 95.7 Å². The summed E-state index contributed by atoms with van der Waals surface area (Å²) >= 11 is 7.18. The van der Waals surface area contributed by atoms with Gasteiger partial charge in [0.15, 0.2) is 0 Å². The normalized spacial score (nSPS) is 12.2. The summed E-state index contributed by atoms with van der Waals surface area (Å²) in [7, 11) is -3.73. The van der Waals surface area contributed by atoms with Crippen LogP contribution in [0, 0.1) is 6.92 Å². The van der Waals surface area contributed by atoms with Crippen molar-refractivity contribution in [2.24, 2.45) is 5.14 Å². The first-order valence-electron chi connectivity index (χ1n) is 3.97. The Hall–Kier alpha value is -0.690. The molecule has 0 bridgehead atoms. The molecule has 2 N–H and O–H groups in total. The van der Waals surface area contributed by atoms with E-state index in [-0.39, 0.29) is 4.90 Å². The van der Waals surface area contributed by atoms with Gasteiger partial charge < -0.3 is 0 Å². The molecular formula is C8H7ClN2O2S2. The lowest BCUT2D eigenvalue weighted by Crippen LogP contribution is -2.11. The van der Waals surface area contributed by atoms with Gasteiger partial charge in [-0.2, -0.15) is 0 Å². The summed E-state index contributed by atoms with van der Waals surface area (Å²) in [6, 6.07) is 1.69. The first-order valence-corrected chi connectivity index (χ1v) is 6.77. The van der Waals surface area contributed by atoms with Gasteiger partial charge >= 0.3 is 0 Å². The smallest absolute Gasteiger partial charge is 0.241 e. The lowest BCUT2D eigenvalue weighted by Gasteiger charge is -1.98. The largest absolute Gasteiger partial charge is 0.251 e. The Morgan fingerprint density at radius 3 is 2.80 bits per heavy atom.